The highest BCUT2D eigenvalue weighted by Gasteiger charge is 2.23. The van der Waals surface area contributed by atoms with Crippen LogP contribution in [-0.4, -0.2) is 5.78 Å². The molecule has 5 heteroatoms. The number of hydrogen-bond acceptors (Lipinski definition) is 2. The molecule has 0 N–H and O–H groups in total. The normalized spacial score (nSPS) is 10.7. The Balaban J connectivity index is 2.53. The molecule has 1 aromatic heterocycles. The van der Waals surface area contributed by atoms with E-state index in [0.29, 0.717) is 24.3 Å². The predicted octanol–water partition coefficient (Wildman–Crippen LogP) is 3.49. The van der Waals surface area contributed by atoms with E-state index in [2.05, 4.69) is 0 Å². The Labute approximate surface area is 101 Å². The maximum absolute atomic E-state index is 13.5. The fraction of sp³-hybridized carbons (Fsp3) is 0.154. The number of halogens is 3. The van der Waals surface area contributed by atoms with Gasteiger partial charge in [-0.05, 0) is 6.07 Å². The zero-order valence-electron chi connectivity index (χ0n) is 9.47. The van der Waals surface area contributed by atoms with Crippen LogP contribution in [0.3, 0.4) is 0 Å². The van der Waals surface area contributed by atoms with E-state index in [0.717, 1.165) is 0 Å². The molecule has 0 amide bonds. The zero-order chi connectivity index (χ0) is 13.3. The van der Waals surface area contributed by atoms with Gasteiger partial charge in [0.15, 0.2) is 0 Å². The third-order valence-electron chi connectivity index (χ3n) is 2.55. The molecule has 0 atom stereocenters. The summed E-state index contributed by atoms with van der Waals surface area (Å²) in [6, 6.07) is 2.29. The average Bonchev–Trinajstić information content (AvgIpc) is 2.75. The molecule has 18 heavy (non-hydrogen) atoms. The highest BCUT2D eigenvalue weighted by Crippen LogP contribution is 2.21. The van der Waals surface area contributed by atoms with Crippen molar-refractivity contribution >= 4 is 5.78 Å². The SMILES string of the molecule is CCc1occc1C(=O)c1c(F)cc(F)cc1F. The molecule has 0 bridgehead atoms. The van der Waals surface area contributed by atoms with Crippen molar-refractivity contribution in [2.45, 2.75) is 13.3 Å². The lowest BCUT2D eigenvalue weighted by molar-refractivity contribution is 0.102. The average molecular weight is 254 g/mol. The van der Waals surface area contributed by atoms with E-state index in [1.807, 2.05) is 0 Å². The molecule has 1 heterocycles. The summed E-state index contributed by atoms with van der Waals surface area (Å²) in [5.41, 5.74) is -0.686. The van der Waals surface area contributed by atoms with Crippen LogP contribution in [0.1, 0.15) is 28.6 Å². The molecule has 0 aliphatic heterocycles. The van der Waals surface area contributed by atoms with E-state index in [1.54, 1.807) is 6.92 Å². The van der Waals surface area contributed by atoms with Crippen molar-refractivity contribution < 1.29 is 22.4 Å². The molecule has 1 aromatic carbocycles. The van der Waals surface area contributed by atoms with Crippen molar-refractivity contribution in [2.24, 2.45) is 0 Å². The molecule has 0 aliphatic rings. The van der Waals surface area contributed by atoms with Gasteiger partial charge in [0.1, 0.15) is 23.2 Å². The van der Waals surface area contributed by atoms with Crippen LogP contribution in [0.15, 0.2) is 28.9 Å². The first-order valence-corrected chi connectivity index (χ1v) is 5.30. The number of rotatable bonds is 3. The van der Waals surface area contributed by atoms with Crippen LogP contribution in [0, 0.1) is 17.5 Å². The second kappa shape index (κ2) is 4.68. The van der Waals surface area contributed by atoms with Gasteiger partial charge in [0.2, 0.25) is 5.78 Å². The second-order valence-electron chi connectivity index (χ2n) is 3.68. The largest absolute Gasteiger partial charge is 0.469 e. The number of ketones is 1. The summed E-state index contributed by atoms with van der Waals surface area (Å²) in [5, 5.41) is 0. The van der Waals surface area contributed by atoms with Crippen LogP contribution in [0.4, 0.5) is 13.2 Å². The van der Waals surface area contributed by atoms with Gasteiger partial charge >= 0.3 is 0 Å². The lowest BCUT2D eigenvalue weighted by atomic mass is 10.0. The fourth-order valence-corrected chi connectivity index (χ4v) is 1.71. The molecule has 0 unspecified atom stereocenters. The van der Waals surface area contributed by atoms with Gasteiger partial charge in [0, 0.05) is 18.6 Å². The van der Waals surface area contributed by atoms with E-state index < -0.39 is 28.8 Å². The smallest absolute Gasteiger partial charge is 0.202 e. The van der Waals surface area contributed by atoms with Crippen molar-refractivity contribution in [1.82, 2.24) is 0 Å². The van der Waals surface area contributed by atoms with Gasteiger partial charge in [-0.2, -0.15) is 0 Å². The summed E-state index contributed by atoms with van der Waals surface area (Å²) in [7, 11) is 0. The summed E-state index contributed by atoms with van der Waals surface area (Å²) in [6.45, 7) is 1.74. The highest BCUT2D eigenvalue weighted by atomic mass is 19.1. The molecular weight excluding hydrogens is 245 g/mol. The van der Waals surface area contributed by atoms with Crippen molar-refractivity contribution in [1.29, 1.82) is 0 Å². The maximum Gasteiger partial charge on any atom is 0.202 e. The van der Waals surface area contributed by atoms with Crippen molar-refractivity contribution in [3.63, 3.8) is 0 Å². The fourth-order valence-electron chi connectivity index (χ4n) is 1.71. The van der Waals surface area contributed by atoms with Gasteiger partial charge in [-0.3, -0.25) is 4.79 Å². The minimum absolute atomic E-state index is 0.0851. The molecular formula is C13H9F3O2. The summed E-state index contributed by atoms with van der Waals surface area (Å²) in [6.07, 6.45) is 1.68. The van der Waals surface area contributed by atoms with Crippen LogP contribution >= 0.6 is 0 Å². The Kier molecular flexibility index (Phi) is 3.23. The first kappa shape index (κ1) is 12.4. The van der Waals surface area contributed by atoms with Crippen LogP contribution in [0.2, 0.25) is 0 Å². The molecule has 0 radical (unpaired) electrons. The highest BCUT2D eigenvalue weighted by molar-refractivity contribution is 6.09. The number of carbonyl (C=O) groups is 1. The van der Waals surface area contributed by atoms with Crippen molar-refractivity contribution in [2.75, 3.05) is 0 Å². The number of aryl methyl sites for hydroxylation is 1. The Morgan fingerprint density at radius 3 is 2.39 bits per heavy atom. The topological polar surface area (TPSA) is 30.2 Å². The Bertz CT molecular complexity index is 579. The molecule has 0 aliphatic carbocycles. The molecule has 94 valence electrons. The zero-order valence-corrected chi connectivity index (χ0v) is 9.47. The first-order chi connectivity index (χ1) is 8.54. The van der Waals surface area contributed by atoms with Crippen molar-refractivity contribution in [3.8, 4) is 0 Å². The molecule has 2 rings (SSSR count). The molecule has 2 nitrogen and oxygen atoms in total. The summed E-state index contributed by atoms with van der Waals surface area (Å²) >= 11 is 0. The third-order valence-corrected chi connectivity index (χ3v) is 2.55. The molecule has 0 fully saturated rings. The van der Waals surface area contributed by atoms with Gasteiger partial charge in [0.05, 0.1) is 17.4 Å². The summed E-state index contributed by atoms with van der Waals surface area (Å²) < 4.78 is 44.7. The Hall–Kier alpha value is -2.04. The Morgan fingerprint density at radius 1 is 1.22 bits per heavy atom. The van der Waals surface area contributed by atoms with Gasteiger partial charge in [0.25, 0.3) is 0 Å². The molecule has 0 spiro atoms. The quantitative estimate of drug-likeness (QED) is 0.785. The third kappa shape index (κ3) is 2.03. The lowest BCUT2D eigenvalue weighted by Crippen LogP contribution is -2.09. The minimum atomic E-state index is -1.22. The van der Waals surface area contributed by atoms with Gasteiger partial charge in [-0.25, -0.2) is 13.2 Å². The van der Waals surface area contributed by atoms with Crippen LogP contribution in [0.25, 0.3) is 0 Å². The number of furan rings is 1. The summed E-state index contributed by atoms with van der Waals surface area (Å²) in [5.74, 6) is -4.02. The van der Waals surface area contributed by atoms with E-state index in [9.17, 15) is 18.0 Å². The van der Waals surface area contributed by atoms with E-state index in [1.165, 1.54) is 12.3 Å². The minimum Gasteiger partial charge on any atom is -0.469 e. The van der Waals surface area contributed by atoms with Crippen molar-refractivity contribution in [3.05, 3.63) is 58.8 Å². The van der Waals surface area contributed by atoms with Crippen LogP contribution in [-0.2, 0) is 6.42 Å². The molecule has 0 saturated carbocycles. The summed E-state index contributed by atoms with van der Waals surface area (Å²) in [4.78, 5) is 12.0. The van der Waals surface area contributed by atoms with E-state index >= 15 is 0 Å². The van der Waals surface area contributed by atoms with E-state index in [-0.39, 0.29) is 5.56 Å². The molecule has 2 aromatic rings. The first-order valence-electron chi connectivity index (χ1n) is 5.30. The standard InChI is InChI=1S/C13H9F3O2/c1-2-11-8(3-4-18-11)13(17)12-9(15)5-7(14)6-10(12)16/h3-6H,2H2,1H3. The number of hydrogen-bond donors (Lipinski definition) is 0. The van der Waals surface area contributed by atoms with E-state index in [4.69, 9.17) is 4.42 Å². The monoisotopic (exact) mass is 254 g/mol. The predicted molar refractivity (Wildman–Crippen MR) is 57.8 cm³/mol. The van der Waals surface area contributed by atoms with Crippen LogP contribution < -0.4 is 0 Å². The lowest BCUT2D eigenvalue weighted by Gasteiger charge is -2.04. The second-order valence-corrected chi connectivity index (χ2v) is 3.68. The van der Waals surface area contributed by atoms with Gasteiger partial charge in [-0.1, -0.05) is 6.92 Å². The van der Waals surface area contributed by atoms with Gasteiger partial charge in [-0.15, -0.1) is 0 Å². The van der Waals surface area contributed by atoms with Crippen LogP contribution in [0.5, 0.6) is 0 Å². The number of carbonyl (C=O) groups excluding carboxylic acids is 1. The van der Waals surface area contributed by atoms with Gasteiger partial charge < -0.3 is 4.42 Å². The molecule has 0 saturated heterocycles. The maximum atomic E-state index is 13.5. The number of benzene rings is 1. The Morgan fingerprint density at radius 2 is 1.83 bits per heavy atom.